The van der Waals surface area contributed by atoms with Gasteiger partial charge >= 0.3 is 0 Å². The second kappa shape index (κ2) is 8.01. The number of nitrogen functional groups attached to an aromatic ring is 1. The van der Waals surface area contributed by atoms with E-state index in [0.29, 0.717) is 11.2 Å². The van der Waals surface area contributed by atoms with Gasteiger partial charge in [0.25, 0.3) is 0 Å². The predicted octanol–water partition coefficient (Wildman–Crippen LogP) is 1.04. The van der Waals surface area contributed by atoms with Crippen LogP contribution in [-0.2, 0) is 6.54 Å². The van der Waals surface area contributed by atoms with Crippen LogP contribution in [0.15, 0.2) is 6.20 Å². The van der Waals surface area contributed by atoms with Gasteiger partial charge in [0.05, 0.1) is 6.61 Å². The minimum atomic E-state index is 0. The Morgan fingerprint density at radius 1 is 1.53 bits per heavy atom. The van der Waals surface area contributed by atoms with E-state index in [1.54, 1.807) is 11.3 Å². The molecule has 1 aliphatic heterocycles. The van der Waals surface area contributed by atoms with Gasteiger partial charge in [-0.05, 0) is 19.9 Å². The highest BCUT2D eigenvalue weighted by Crippen LogP contribution is 2.20. The molecule has 1 aromatic rings. The summed E-state index contributed by atoms with van der Waals surface area (Å²) in [5.41, 5.74) is 5.64. The van der Waals surface area contributed by atoms with Crippen molar-refractivity contribution in [2.45, 2.75) is 25.4 Å². The number of halogens is 1. The number of rotatable bonds is 5. The molecule has 2 heterocycles. The second-order valence-corrected chi connectivity index (χ2v) is 6.02. The molecule has 0 aliphatic carbocycles. The molecule has 1 aromatic heterocycles. The van der Waals surface area contributed by atoms with Gasteiger partial charge in [0.1, 0.15) is 0 Å². The molecule has 0 aromatic carbocycles. The molecule has 1 fully saturated rings. The van der Waals surface area contributed by atoms with Crippen molar-refractivity contribution in [2.75, 3.05) is 39.0 Å². The van der Waals surface area contributed by atoms with Crippen LogP contribution in [0.1, 0.15) is 17.7 Å². The summed E-state index contributed by atoms with van der Waals surface area (Å²) in [6, 6.07) is 0.611. The van der Waals surface area contributed by atoms with Crippen molar-refractivity contribution in [3.63, 3.8) is 0 Å². The zero-order valence-electron chi connectivity index (χ0n) is 11.3. The fraction of sp³-hybridized carbons (Fsp3) is 0.750. The van der Waals surface area contributed by atoms with Gasteiger partial charge in [-0.1, -0.05) is 0 Å². The molecule has 3 N–H and O–H groups in total. The maximum absolute atomic E-state index is 8.95. The molecule has 110 valence electrons. The smallest absolute Gasteiger partial charge is 0.180 e. The maximum Gasteiger partial charge on any atom is 0.180 e. The highest BCUT2D eigenvalue weighted by atomic mass is 35.5. The van der Waals surface area contributed by atoms with Gasteiger partial charge in [0.2, 0.25) is 0 Å². The minimum Gasteiger partial charge on any atom is -0.395 e. The first-order chi connectivity index (χ1) is 8.69. The number of likely N-dealkylation sites (N-methyl/N-ethyl adjacent to an activating group) is 1. The molecule has 5 nitrogen and oxygen atoms in total. The van der Waals surface area contributed by atoms with Gasteiger partial charge in [-0.3, -0.25) is 4.90 Å². The lowest BCUT2D eigenvalue weighted by Gasteiger charge is -2.36. The molecule has 0 radical (unpaired) electrons. The summed E-state index contributed by atoms with van der Waals surface area (Å²) in [6.45, 7) is 4.20. The number of hydrogen-bond donors (Lipinski definition) is 2. The number of anilines is 1. The largest absolute Gasteiger partial charge is 0.395 e. The molecule has 0 amide bonds. The van der Waals surface area contributed by atoms with Crippen molar-refractivity contribution < 1.29 is 5.11 Å². The zero-order valence-corrected chi connectivity index (χ0v) is 12.9. The Hall–Kier alpha value is -0.400. The third-order valence-corrected chi connectivity index (χ3v) is 4.40. The Morgan fingerprint density at radius 2 is 2.21 bits per heavy atom. The van der Waals surface area contributed by atoms with Crippen LogP contribution in [-0.4, -0.2) is 59.2 Å². The van der Waals surface area contributed by atoms with Crippen molar-refractivity contribution in [1.29, 1.82) is 0 Å². The molecule has 0 spiro atoms. The average molecular weight is 307 g/mol. The Balaban J connectivity index is 0.00000180. The molecule has 2 rings (SSSR count). The summed E-state index contributed by atoms with van der Waals surface area (Å²) >= 11 is 1.58. The monoisotopic (exact) mass is 306 g/mol. The van der Waals surface area contributed by atoms with Gasteiger partial charge in [-0.15, -0.1) is 23.7 Å². The summed E-state index contributed by atoms with van der Waals surface area (Å²) in [5, 5.41) is 9.60. The van der Waals surface area contributed by atoms with Gasteiger partial charge in [-0.25, -0.2) is 4.98 Å². The molecule has 0 atom stereocenters. The molecular weight excluding hydrogens is 284 g/mol. The Morgan fingerprint density at radius 3 is 2.74 bits per heavy atom. The molecule has 1 saturated heterocycles. The van der Waals surface area contributed by atoms with E-state index >= 15 is 0 Å². The quantitative estimate of drug-likeness (QED) is 0.851. The average Bonchev–Trinajstić information content (AvgIpc) is 2.76. The van der Waals surface area contributed by atoms with Crippen LogP contribution in [0.2, 0.25) is 0 Å². The van der Waals surface area contributed by atoms with E-state index in [1.165, 1.54) is 17.7 Å². The van der Waals surface area contributed by atoms with Crippen molar-refractivity contribution in [3.05, 3.63) is 11.1 Å². The van der Waals surface area contributed by atoms with Gasteiger partial charge < -0.3 is 15.7 Å². The number of thiazole rings is 1. The number of nitrogens with two attached hydrogens (primary N) is 1. The number of aliphatic hydroxyl groups is 1. The first-order valence-corrected chi connectivity index (χ1v) is 7.24. The van der Waals surface area contributed by atoms with Crippen LogP contribution in [0.25, 0.3) is 0 Å². The lowest BCUT2D eigenvalue weighted by atomic mass is 10.0. The van der Waals surface area contributed by atoms with E-state index in [-0.39, 0.29) is 19.0 Å². The van der Waals surface area contributed by atoms with E-state index in [0.717, 1.165) is 26.2 Å². The normalized spacial score (nSPS) is 17.6. The van der Waals surface area contributed by atoms with E-state index in [4.69, 9.17) is 10.8 Å². The fourth-order valence-electron chi connectivity index (χ4n) is 2.47. The van der Waals surface area contributed by atoms with E-state index in [1.807, 2.05) is 6.20 Å². The molecule has 0 bridgehead atoms. The first kappa shape index (κ1) is 16.7. The summed E-state index contributed by atoms with van der Waals surface area (Å²) in [6.07, 6.45) is 4.22. The number of likely N-dealkylation sites (tertiary alicyclic amines) is 1. The first-order valence-electron chi connectivity index (χ1n) is 6.42. The van der Waals surface area contributed by atoms with Crippen molar-refractivity contribution in [3.8, 4) is 0 Å². The van der Waals surface area contributed by atoms with Crippen molar-refractivity contribution >= 4 is 28.9 Å². The van der Waals surface area contributed by atoms with E-state index in [9.17, 15) is 0 Å². The standard InChI is InChI=1S/C12H22N4OS.ClH/c1-15(6-7-17)10-2-4-16(5-3-10)9-11-8-14-12(13)18-11;/h8,10,17H,2-7,9H2,1H3,(H2,13,14);1H. The van der Waals surface area contributed by atoms with Gasteiger partial charge in [-0.2, -0.15) is 0 Å². The highest BCUT2D eigenvalue weighted by Gasteiger charge is 2.22. The van der Waals surface area contributed by atoms with Crippen LogP contribution in [0, 0.1) is 0 Å². The Labute approximate surface area is 124 Å². The topological polar surface area (TPSA) is 65.6 Å². The predicted molar refractivity (Wildman–Crippen MR) is 81.8 cm³/mol. The van der Waals surface area contributed by atoms with E-state index in [2.05, 4.69) is 21.8 Å². The molecule has 0 saturated carbocycles. The van der Waals surface area contributed by atoms with Crippen molar-refractivity contribution in [2.24, 2.45) is 0 Å². The molecule has 19 heavy (non-hydrogen) atoms. The lowest BCUT2D eigenvalue weighted by Crippen LogP contribution is -2.43. The van der Waals surface area contributed by atoms with Crippen LogP contribution < -0.4 is 5.73 Å². The number of aliphatic hydroxyl groups excluding tert-OH is 1. The Kier molecular flexibility index (Phi) is 7.02. The van der Waals surface area contributed by atoms with Gasteiger partial charge in [0.15, 0.2) is 5.13 Å². The van der Waals surface area contributed by atoms with Crippen LogP contribution in [0.4, 0.5) is 5.13 Å². The van der Waals surface area contributed by atoms with E-state index < -0.39 is 0 Å². The van der Waals surface area contributed by atoms with Gasteiger partial charge in [0, 0.05) is 43.3 Å². The third-order valence-electron chi connectivity index (χ3n) is 3.58. The maximum atomic E-state index is 8.95. The lowest BCUT2D eigenvalue weighted by molar-refractivity contribution is 0.108. The minimum absolute atomic E-state index is 0. The second-order valence-electron chi connectivity index (χ2n) is 4.88. The number of hydrogen-bond acceptors (Lipinski definition) is 6. The third kappa shape index (κ3) is 4.89. The Bertz CT molecular complexity index is 368. The molecule has 7 heteroatoms. The fourth-order valence-corrected chi connectivity index (χ4v) is 3.20. The van der Waals surface area contributed by atoms with Crippen LogP contribution in [0.5, 0.6) is 0 Å². The summed E-state index contributed by atoms with van der Waals surface area (Å²) < 4.78 is 0. The molecule has 0 unspecified atom stereocenters. The zero-order chi connectivity index (χ0) is 13.0. The van der Waals surface area contributed by atoms with Crippen LogP contribution >= 0.6 is 23.7 Å². The number of nitrogens with zero attached hydrogens (tertiary/aromatic N) is 3. The molecule has 1 aliphatic rings. The van der Waals surface area contributed by atoms with Crippen LogP contribution in [0.3, 0.4) is 0 Å². The molecular formula is C12H23ClN4OS. The summed E-state index contributed by atoms with van der Waals surface area (Å²) in [5.74, 6) is 0. The summed E-state index contributed by atoms with van der Waals surface area (Å²) in [4.78, 5) is 10.0. The highest BCUT2D eigenvalue weighted by molar-refractivity contribution is 7.15. The summed E-state index contributed by atoms with van der Waals surface area (Å²) in [7, 11) is 2.10. The SMILES string of the molecule is CN(CCO)C1CCN(Cc2cnc(N)s2)CC1.Cl. The van der Waals surface area contributed by atoms with Crippen molar-refractivity contribution in [1.82, 2.24) is 14.8 Å². The number of piperidine rings is 1. The number of aromatic nitrogens is 1.